The van der Waals surface area contributed by atoms with Crippen LogP contribution >= 0.6 is 0 Å². The molecule has 0 saturated carbocycles. The van der Waals surface area contributed by atoms with Crippen molar-refractivity contribution in [3.8, 4) is 0 Å². The summed E-state index contributed by atoms with van der Waals surface area (Å²) in [7, 11) is 0. The van der Waals surface area contributed by atoms with E-state index < -0.39 is 10.8 Å². The van der Waals surface area contributed by atoms with Crippen molar-refractivity contribution in [1.29, 1.82) is 0 Å². The van der Waals surface area contributed by atoms with Crippen LogP contribution in [0.25, 0.3) is 0 Å². The third-order valence-corrected chi connectivity index (χ3v) is 1.94. The van der Waals surface area contributed by atoms with Crippen LogP contribution < -0.4 is 5.73 Å². The number of hydrogen-bond acceptors (Lipinski definition) is 5. The molecule has 0 aromatic heterocycles. The molecule has 16 heavy (non-hydrogen) atoms. The number of non-ortho nitro benzene ring substituents is 1. The maximum atomic E-state index is 10.9. The molecule has 0 spiro atoms. The van der Waals surface area contributed by atoms with Gasteiger partial charge in [0.25, 0.3) is 11.6 Å². The average molecular weight is 225 g/mol. The SMILES string of the molecule is NCC(=O)N(O)Cc1ccc([N+](=O)[O-])cc1. The molecular formula is C9H11N3O4. The zero-order valence-electron chi connectivity index (χ0n) is 8.37. The average Bonchev–Trinajstić information content (AvgIpc) is 2.28. The number of nitro benzene ring substituents is 1. The molecule has 0 aliphatic rings. The molecule has 0 unspecified atom stereocenters. The third kappa shape index (κ3) is 3.01. The summed E-state index contributed by atoms with van der Waals surface area (Å²) >= 11 is 0. The van der Waals surface area contributed by atoms with Crippen molar-refractivity contribution in [3.63, 3.8) is 0 Å². The van der Waals surface area contributed by atoms with E-state index in [4.69, 9.17) is 5.73 Å². The molecule has 1 rings (SSSR count). The Bertz CT molecular complexity index is 390. The highest BCUT2D eigenvalue weighted by molar-refractivity contribution is 5.76. The maximum Gasteiger partial charge on any atom is 0.269 e. The van der Waals surface area contributed by atoms with E-state index in [1.54, 1.807) is 0 Å². The summed E-state index contributed by atoms with van der Waals surface area (Å²) < 4.78 is 0. The second-order valence-electron chi connectivity index (χ2n) is 3.08. The second kappa shape index (κ2) is 5.19. The number of amides is 1. The van der Waals surface area contributed by atoms with Crippen LogP contribution in [0.3, 0.4) is 0 Å². The topological polar surface area (TPSA) is 110 Å². The highest BCUT2D eigenvalue weighted by Gasteiger charge is 2.10. The van der Waals surface area contributed by atoms with Crippen LogP contribution in [0.1, 0.15) is 5.56 Å². The number of nitrogens with zero attached hydrogens (tertiary/aromatic N) is 2. The Morgan fingerprint density at radius 1 is 1.44 bits per heavy atom. The summed E-state index contributed by atoms with van der Waals surface area (Å²) in [6, 6.07) is 5.53. The van der Waals surface area contributed by atoms with E-state index in [2.05, 4.69) is 0 Å². The molecule has 0 aliphatic carbocycles. The molecule has 0 aliphatic heterocycles. The van der Waals surface area contributed by atoms with Crippen molar-refractivity contribution in [1.82, 2.24) is 5.06 Å². The van der Waals surface area contributed by atoms with Crippen LogP contribution in [0.4, 0.5) is 5.69 Å². The van der Waals surface area contributed by atoms with Gasteiger partial charge in [-0.2, -0.15) is 0 Å². The molecule has 0 atom stereocenters. The number of carbonyl (C=O) groups excluding carboxylic acids is 1. The first-order valence-corrected chi connectivity index (χ1v) is 4.47. The fraction of sp³-hybridized carbons (Fsp3) is 0.222. The summed E-state index contributed by atoms with van der Waals surface area (Å²) in [4.78, 5) is 20.8. The van der Waals surface area contributed by atoms with Gasteiger partial charge in [-0.15, -0.1) is 0 Å². The molecule has 0 fully saturated rings. The summed E-state index contributed by atoms with van der Waals surface area (Å²) in [6.07, 6.45) is 0. The third-order valence-electron chi connectivity index (χ3n) is 1.94. The van der Waals surface area contributed by atoms with Crippen molar-refractivity contribution >= 4 is 11.6 Å². The maximum absolute atomic E-state index is 10.9. The quantitative estimate of drug-likeness (QED) is 0.434. The van der Waals surface area contributed by atoms with E-state index >= 15 is 0 Å². The number of nitro groups is 1. The number of benzene rings is 1. The second-order valence-corrected chi connectivity index (χ2v) is 3.08. The Labute approximate surface area is 91.2 Å². The molecule has 0 heterocycles. The van der Waals surface area contributed by atoms with E-state index in [-0.39, 0.29) is 18.8 Å². The summed E-state index contributed by atoms with van der Waals surface area (Å²) in [5.41, 5.74) is 5.59. The highest BCUT2D eigenvalue weighted by atomic mass is 16.6. The summed E-state index contributed by atoms with van der Waals surface area (Å²) in [6.45, 7) is -0.336. The van der Waals surface area contributed by atoms with Gasteiger partial charge in [-0.05, 0) is 5.56 Å². The van der Waals surface area contributed by atoms with Crippen molar-refractivity contribution < 1.29 is 14.9 Å². The first-order valence-electron chi connectivity index (χ1n) is 4.47. The zero-order chi connectivity index (χ0) is 12.1. The van der Waals surface area contributed by atoms with E-state index in [9.17, 15) is 20.1 Å². The Kier molecular flexibility index (Phi) is 3.92. The molecule has 7 heteroatoms. The van der Waals surface area contributed by atoms with Crippen LogP contribution in [0, 0.1) is 10.1 Å². The fourth-order valence-corrected chi connectivity index (χ4v) is 1.09. The van der Waals surface area contributed by atoms with Gasteiger partial charge >= 0.3 is 0 Å². The van der Waals surface area contributed by atoms with Gasteiger partial charge in [0.1, 0.15) is 0 Å². The molecule has 1 aromatic rings. The minimum Gasteiger partial charge on any atom is -0.322 e. The molecule has 3 N–H and O–H groups in total. The van der Waals surface area contributed by atoms with Gasteiger partial charge < -0.3 is 5.73 Å². The van der Waals surface area contributed by atoms with Crippen molar-refractivity contribution in [2.24, 2.45) is 5.73 Å². The molecule has 1 aromatic carbocycles. The Balaban J connectivity index is 2.68. The lowest BCUT2D eigenvalue weighted by molar-refractivity contribution is -0.384. The predicted molar refractivity (Wildman–Crippen MR) is 54.5 cm³/mol. The summed E-state index contributed by atoms with van der Waals surface area (Å²) in [5, 5.41) is 20.1. The van der Waals surface area contributed by atoms with Gasteiger partial charge in [0.15, 0.2) is 0 Å². The van der Waals surface area contributed by atoms with E-state index in [1.165, 1.54) is 24.3 Å². The van der Waals surface area contributed by atoms with Gasteiger partial charge in [0, 0.05) is 12.1 Å². The normalized spacial score (nSPS) is 9.88. The molecule has 0 radical (unpaired) electrons. The zero-order valence-corrected chi connectivity index (χ0v) is 8.37. The lowest BCUT2D eigenvalue weighted by atomic mass is 10.2. The number of carbonyl (C=O) groups is 1. The van der Waals surface area contributed by atoms with Crippen LogP contribution in [0.5, 0.6) is 0 Å². The first-order chi connectivity index (χ1) is 7.54. The Morgan fingerprint density at radius 2 is 2.00 bits per heavy atom. The number of nitrogens with two attached hydrogens (primary N) is 1. The van der Waals surface area contributed by atoms with Crippen LogP contribution in [0.2, 0.25) is 0 Å². The Hall–Kier alpha value is -1.99. The van der Waals surface area contributed by atoms with Crippen molar-refractivity contribution in [2.45, 2.75) is 6.54 Å². The van der Waals surface area contributed by atoms with Crippen molar-refractivity contribution in [3.05, 3.63) is 39.9 Å². The van der Waals surface area contributed by atoms with E-state index in [0.29, 0.717) is 10.6 Å². The molecular weight excluding hydrogens is 214 g/mol. The monoisotopic (exact) mass is 225 g/mol. The largest absolute Gasteiger partial charge is 0.322 e. The fourth-order valence-electron chi connectivity index (χ4n) is 1.09. The highest BCUT2D eigenvalue weighted by Crippen LogP contribution is 2.12. The Morgan fingerprint density at radius 3 is 2.44 bits per heavy atom. The lowest BCUT2D eigenvalue weighted by Crippen LogP contribution is -2.32. The van der Waals surface area contributed by atoms with Crippen LogP contribution in [-0.4, -0.2) is 27.6 Å². The lowest BCUT2D eigenvalue weighted by Gasteiger charge is -2.13. The van der Waals surface area contributed by atoms with Crippen LogP contribution in [-0.2, 0) is 11.3 Å². The van der Waals surface area contributed by atoms with E-state index in [1.807, 2.05) is 0 Å². The van der Waals surface area contributed by atoms with Gasteiger partial charge in [-0.25, -0.2) is 5.06 Å². The van der Waals surface area contributed by atoms with Gasteiger partial charge in [-0.1, -0.05) is 12.1 Å². The molecule has 7 nitrogen and oxygen atoms in total. The van der Waals surface area contributed by atoms with Gasteiger partial charge in [0.05, 0.1) is 18.0 Å². The number of rotatable bonds is 4. The molecule has 0 bridgehead atoms. The molecule has 0 saturated heterocycles. The van der Waals surface area contributed by atoms with Gasteiger partial charge in [0.2, 0.25) is 0 Å². The number of hydrogen-bond donors (Lipinski definition) is 2. The van der Waals surface area contributed by atoms with Crippen molar-refractivity contribution in [2.75, 3.05) is 6.54 Å². The number of hydroxylamine groups is 2. The summed E-state index contributed by atoms with van der Waals surface area (Å²) in [5.74, 6) is -0.613. The first kappa shape index (κ1) is 12.1. The van der Waals surface area contributed by atoms with E-state index in [0.717, 1.165) is 0 Å². The standard InChI is InChI=1S/C9H11N3O4/c10-5-9(13)11(14)6-7-1-3-8(4-2-7)12(15)16/h1-4,14H,5-6,10H2. The van der Waals surface area contributed by atoms with Crippen LogP contribution in [0.15, 0.2) is 24.3 Å². The minimum atomic E-state index is -0.613. The minimum absolute atomic E-state index is 0.0432. The molecule has 86 valence electrons. The molecule has 1 amide bonds. The van der Waals surface area contributed by atoms with Gasteiger partial charge in [-0.3, -0.25) is 20.1 Å². The smallest absolute Gasteiger partial charge is 0.269 e. The predicted octanol–water partition coefficient (Wildman–Crippen LogP) is 0.271.